The Hall–Kier alpha value is -2.62. The molecule has 25 heavy (non-hydrogen) atoms. The lowest BCUT2D eigenvalue weighted by atomic mass is 9.87. The summed E-state index contributed by atoms with van der Waals surface area (Å²) in [4.78, 5) is 17.2. The van der Waals surface area contributed by atoms with Crippen LogP contribution >= 0.6 is 0 Å². The first-order valence-corrected chi connectivity index (χ1v) is 9.12. The number of para-hydroxylation sites is 1. The number of amides is 1. The predicted octanol–water partition coefficient (Wildman–Crippen LogP) is 4.91. The Balaban J connectivity index is 1.55. The van der Waals surface area contributed by atoms with Crippen molar-refractivity contribution >= 4 is 17.2 Å². The molecule has 0 bridgehead atoms. The van der Waals surface area contributed by atoms with Gasteiger partial charge in [-0.05, 0) is 37.0 Å². The largest absolute Gasteiger partial charge is 0.325 e. The molecule has 0 aliphatic heterocycles. The van der Waals surface area contributed by atoms with E-state index in [2.05, 4.69) is 10.3 Å². The van der Waals surface area contributed by atoms with Crippen molar-refractivity contribution in [1.82, 2.24) is 9.38 Å². The van der Waals surface area contributed by atoms with E-state index in [1.54, 1.807) is 0 Å². The van der Waals surface area contributed by atoms with Crippen LogP contribution in [0.5, 0.6) is 0 Å². The number of benzene rings is 1. The van der Waals surface area contributed by atoms with Crippen LogP contribution in [-0.2, 0) is 4.79 Å². The number of hydrogen-bond donors (Lipinski definition) is 1. The molecule has 1 aliphatic rings. The molecule has 0 unspecified atom stereocenters. The minimum atomic E-state index is 0.114. The Morgan fingerprint density at radius 3 is 2.72 bits per heavy atom. The molecular formula is C21H23N3O. The van der Waals surface area contributed by atoms with E-state index >= 15 is 0 Å². The normalized spacial score (nSPS) is 15.4. The second-order valence-corrected chi connectivity index (χ2v) is 6.89. The summed E-state index contributed by atoms with van der Waals surface area (Å²) < 4.78 is 2.00. The second kappa shape index (κ2) is 7.09. The third-order valence-electron chi connectivity index (χ3n) is 5.04. The zero-order chi connectivity index (χ0) is 17.1. The second-order valence-electron chi connectivity index (χ2n) is 6.89. The molecule has 1 aliphatic carbocycles. The number of pyridine rings is 1. The summed E-state index contributed by atoms with van der Waals surface area (Å²) in [5.74, 6) is 0.652. The fourth-order valence-corrected chi connectivity index (χ4v) is 3.73. The molecule has 0 atom stereocenters. The van der Waals surface area contributed by atoms with Crippen LogP contribution in [0.2, 0.25) is 0 Å². The number of nitrogens with one attached hydrogen (secondary N) is 1. The average Bonchev–Trinajstić information content (AvgIpc) is 3.07. The van der Waals surface area contributed by atoms with Crippen LogP contribution < -0.4 is 5.32 Å². The summed E-state index contributed by atoms with van der Waals surface area (Å²) in [6, 6.07) is 13.8. The van der Waals surface area contributed by atoms with Gasteiger partial charge >= 0.3 is 0 Å². The molecule has 0 spiro atoms. The number of aromatic nitrogens is 2. The topological polar surface area (TPSA) is 46.4 Å². The number of nitrogens with zero attached hydrogens (tertiary/aromatic N) is 2. The summed E-state index contributed by atoms with van der Waals surface area (Å²) in [5.41, 5.74) is 3.58. The van der Waals surface area contributed by atoms with E-state index in [-0.39, 0.29) is 5.91 Å². The molecule has 1 N–H and O–H groups in total. The van der Waals surface area contributed by atoms with Crippen LogP contribution in [0.25, 0.3) is 16.9 Å². The van der Waals surface area contributed by atoms with Gasteiger partial charge in [-0.3, -0.25) is 4.79 Å². The van der Waals surface area contributed by atoms with Crippen molar-refractivity contribution in [2.45, 2.75) is 38.5 Å². The lowest BCUT2D eigenvalue weighted by molar-refractivity contribution is -0.117. The lowest BCUT2D eigenvalue weighted by Gasteiger charge is -2.21. The molecule has 1 fully saturated rings. The van der Waals surface area contributed by atoms with Crippen molar-refractivity contribution < 1.29 is 4.79 Å². The smallest absolute Gasteiger partial charge is 0.224 e. The Morgan fingerprint density at radius 2 is 1.88 bits per heavy atom. The third kappa shape index (κ3) is 3.58. The van der Waals surface area contributed by atoms with Gasteiger partial charge in [-0.2, -0.15) is 0 Å². The Bertz CT molecular complexity index is 844. The summed E-state index contributed by atoms with van der Waals surface area (Å²) in [7, 11) is 0. The Labute approximate surface area is 147 Å². The van der Waals surface area contributed by atoms with Gasteiger partial charge in [0.2, 0.25) is 5.91 Å². The van der Waals surface area contributed by atoms with Crippen molar-refractivity contribution in [3.8, 4) is 11.3 Å². The van der Waals surface area contributed by atoms with Gasteiger partial charge < -0.3 is 9.72 Å². The zero-order valence-corrected chi connectivity index (χ0v) is 14.3. The third-order valence-corrected chi connectivity index (χ3v) is 5.04. The molecule has 2 aromatic heterocycles. The summed E-state index contributed by atoms with van der Waals surface area (Å²) in [5, 5.41) is 3.11. The maximum Gasteiger partial charge on any atom is 0.224 e. The number of hydrogen-bond acceptors (Lipinski definition) is 2. The molecule has 4 nitrogen and oxygen atoms in total. The number of carbonyl (C=O) groups is 1. The highest BCUT2D eigenvalue weighted by Crippen LogP contribution is 2.29. The first kappa shape index (κ1) is 15.9. The van der Waals surface area contributed by atoms with E-state index in [1.165, 1.54) is 32.1 Å². The summed E-state index contributed by atoms with van der Waals surface area (Å²) in [6.07, 6.45) is 10.8. The van der Waals surface area contributed by atoms with Crippen LogP contribution in [0.1, 0.15) is 38.5 Å². The molecule has 3 aromatic rings. The van der Waals surface area contributed by atoms with Gasteiger partial charge in [0.1, 0.15) is 5.65 Å². The summed E-state index contributed by atoms with van der Waals surface area (Å²) in [6.45, 7) is 0. The number of carbonyl (C=O) groups excluding carboxylic acids is 1. The van der Waals surface area contributed by atoms with Crippen LogP contribution in [-0.4, -0.2) is 15.3 Å². The van der Waals surface area contributed by atoms with E-state index in [0.717, 1.165) is 22.6 Å². The van der Waals surface area contributed by atoms with Gasteiger partial charge in [0, 0.05) is 24.4 Å². The lowest BCUT2D eigenvalue weighted by Crippen LogP contribution is -2.18. The fourth-order valence-electron chi connectivity index (χ4n) is 3.73. The highest BCUT2D eigenvalue weighted by atomic mass is 16.1. The minimum Gasteiger partial charge on any atom is -0.325 e. The van der Waals surface area contributed by atoms with Crippen molar-refractivity contribution in [3.05, 3.63) is 54.9 Å². The maximum absolute atomic E-state index is 12.5. The van der Waals surface area contributed by atoms with Gasteiger partial charge in [0.05, 0.1) is 11.4 Å². The molecule has 1 aromatic carbocycles. The van der Waals surface area contributed by atoms with Crippen LogP contribution in [0.3, 0.4) is 0 Å². The highest BCUT2D eigenvalue weighted by molar-refractivity contribution is 5.95. The number of imidazole rings is 1. The van der Waals surface area contributed by atoms with Gasteiger partial charge in [-0.25, -0.2) is 4.98 Å². The molecule has 128 valence electrons. The van der Waals surface area contributed by atoms with Gasteiger partial charge in [-0.15, -0.1) is 0 Å². The van der Waals surface area contributed by atoms with E-state index in [0.29, 0.717) is 12.3 Å². The van der Waals surface area contributed by atoms with E-state index in [1.807, 2.05) is 59.3 Å². The molecule has 2 heterocycles. The summed E-state index contributed by atoms with van der Waals surface area (Å²) >= 11 is 0. The molecule has 1 saturated carbocycles. The zero-order valence-electron chi connectivity index (χ0n) is 14.3. The van der Waals surface area contributed by atoms with E-state index < -0.39 is 0 Å². The van der Waals surface area contributed by atoms with Gasteiger partial charge in [-0.1, -0.05) is 43.5 Å². The fraction of sp³-hybridized carbons (Fsp3) is 0.333. The molecule has 1 amide bonds. The van der Waals surface area contributed by atoms with Crippen molar-refractivity contribution in [2.24, 2.45) is 5.92 Å². The van der Waals surface area contributed by atoms with E-state index in [4.69, 9.17) is 0 Å². The van der Waals surface area contributed by atoms with Crippen molar-refractivity contribution in [3.63, 3.8) is 0 Å². The SMILES string of the molecule is O=C(CC1CCCCC1)Nc1ccccc1-c1cn2ccccc2n1. The molecule has 4 heteroatoms. The number of fused-ring (bicyclic) bond motifs is 1. The van der Waals surface area contributed by atoms with Gasteiger partial charge in [0.25, 0.3) is 0 Å². The number of anilines is 1. The average molecular weight is 333 g/mol. The van der Waals surface area contributed by atoms with Crippen LogP contribution in [0.15, 0.2) is 54.9 Å². The monoisotopic (exact) mass is 333 g/mol. The minimum absolute atomic E-state index is 0.114. The molecule has 0 saturated heterocycles. The molecular weight excluding hydrogens is 310 g/mol. The van der Waals surface area contributed by atoms with Gasteiger partial charge in [0.15, 0.2) is 0 Å². The van der Waals surface area contributed by atoms with Crippen LogP contribution in [0, 0.1) is 5.92 Å². The molecule has 0 radical (unpaired) electrons. The maximum atomic E-state index is 12.5. The quantitative estimate of drug-likeness (QED) is 0.737. The first-order valence-electron chi connectivity index (χ1n) is 9.12. The highest BCUT2D eigenvalue weighted by Gasteiger charge is 2.18. The first-order chi connectivity index (χ1) is 12.3. The van der Waals surface area contributed by atoms with Crippen LogP contribution in [0.4, 0.5) is 5.69 Å². The van der Waals surface area contributed by atoms with Crippen molar-refractivity contribution in [2.75, 3.05) is 5.32 Å². The standard InChI is InChI=1S/C21H23N3O/c25-21(14-16-8-2-1-3-9-16)23-18-11-5-4-10-17(18)19-15-24-13-7-6-12-20(24)22-19/h4-7,10-13,15-16H,1-3,8-9,14H2,(H,23,25). The molecule has 4 rings (SSSR count). The Morgan fingerprint density at radius 1 is 1.08 bits per heavy atom. The van der Waals surface area contributed by atoms with Crippen molar-refractivity contribution in [1.29, 1.82) is 0 Å². The predicted molar refractivity (Wildman–Crippen MR) is 100 cm³/mol. The Kier molecular flexibility index (Phi) is 4.51. The van der Waals surface area contributed by atoms with E-state index in [9.17, 15) is 4.79 Å². The number of rotatable bonds is 4.